The standard InChI is InChI=1S/C13H27BrN2/c1-4-6-12(9-14)10-16-8-5-7-13(16)11-15(2)3/h12-13H,4-11H2,1-3H3. The van der Waals surface area contributed by atoms with E-state index in [-0.39, 0.29) is 0 Å². The lowest BCUT2D eigenvalue weighted by Crippen LogP contribution is -2.40. The van der Waals surface area contributed by atoms with Gasteiger partial charge in [-0.05, 0) is 45.8 Å². The first kappa shape index (κ1) is 14.5. The SMILES string of the molecule is CCCC(CBr)CN1CCCC1CN(C)C. The molecule has 0 amide bonds. The van der Waals surface area contributed by atoms with Crippen molar-refractivity contribution in [2.45, 2.75) is 38.6 Å². The Hall–Kier alpha value is 0.400. The van der Waals surface area contributed by atoms with E-state index in [1.54, 1.807) is 0 Å². The highest BCUT2D eigenvalue weighted by Crippen LogP contribution is 2.21. The molecule has 1 heterocycles. The molecule has 0 radical (unpaired) electrons. The van der Waals surface area contributed by atoms with Crippen LogP contribution < -0.4 is 0 Å². The molecule has 0 aromatic heterocycles. The summed E-state index contributed by atoms with van der Waals surface area (Å²) in [5.74, 6) is 0.841. The lowest BCUT2D eigenvalue weighted by Gasteiger charge is -2.29. The van der Waals surface area contributed by atoms with E-state index in [9.17, 15) is 0 Å². The van der Waals surface area contributed by atoms with Crippen LogP contribution in [0.1, 0.15) is 32.6 Å². The molecule has 0 aromatic carbocycles. The Labute approximate surface area is 109 Å². The van der Waals surface area contributed by atoms with Gasteiger partial charge in [0.1, 0.15) is 0 Å². The van der Waals surface area contributed by atoms with E-state index in [4.69, 9.17) is 0 Å². The number of alkyl halides is 1. The number of hydrogen-bond acceptors (Lipinski definition) is 2. The van der Waals surface area contributed by atoms with E-state index in [1.807, 2.05) is 0 Å². The zero-order valence-corrected chi connectivity index (χ0v) is 12.7. The molecule has 0 N–H and O–H groups in total. The van der Waals surface area contributed by atoms with Gasteiger partial charge in [0.25, 0.3) is 0 Å². The molecule has 96 valence electrons. The molecule has 0 saturated carbocycles. The second-order valence-electron chi connectivity index (χ2n) is 5.36. The largest absolute Gasteiger partial charge is 0.308 e. The maximum absolute atomic E-state index is 3.66. The van der Waals surface area contributed by atoms with Gasteiger partial charge in [0.15, 0.2) is 0 Å². The first-order chi connectivity index (χ1) is 7.67. The first-order valence-corrected chi connectivity index (χ1v) is 7.74. The van der Waals surface area contributed by atoms with Crippen LogP contribution in [0.4, 0.5) is 0 Å². The normalized spacial score (nSPS) is 24.2. The van der Waals surface area contributed by atoms with Crippen LogP contribution in [0.15, 0.2) is 0 Å². The van der Waals surface area contributed by atoms with Gasteiger partial charge in [0.2, 0.25) is 0 Å². The molecular formula is C13H27BrN2. The van der Waals surface area contributed by atoms with Crippen LogP contribution in [0, 0.1) is 5.92 Å². The number of halogens is 1. The number of rotatable bonds is 7. The minimum atomic E-state index is 0.799. The Morgan fingerprint density at radius 1 is 1.44 bits per heavy atom. The van der Waals surface area contributed by atoms with Gasteiger partial charge in [-0.15, -0.1) is 0 Å². The number of likely N-dealkylation sites (N-methyl/N-ethyl adjacent to an activating group) is 1. The van der Waals surface area contributed by atoms with Crippen LogP contribution in [-0.4, -0.2) is 54.9 Å². The number of hydrogen-bond donors (Lipinski definition) is 0. The van der Waals surface area contributed by atoms with E-state index in [1.165, 1.54) is 45.3 Å². The third-order valence-electron chi connectivity index (χ3n) is 3.48. The van der Waals surface area contributed by atoms with Crippen LogP contribution in [0.25, 0.3) is 0 Å². The summed E-state index contributed by atoms with van der Waals surface area (Å²) in [6.45, 7) is 6.11. The molecule has 16 heavy (non-hydrogen) atoms. The molecule has 0 aromatic rings. The highest BCUT2D eigenvalue weighted by molar-refractivity contribution is 9.09. The van der Waals surface area contributed by atoms with Crippen molar-refractivity contribution in [1.29, 1.82) is 0 Å². The maximum atomic E-state index is 3.66. The lowest BCUT2D eigenvalue weighted by molar-refractivity contribution is 0.184. The Balaban J connectivity index is 2.38. The molecular weight excluding hydrogens is 264 g/mol. The molecule has 2 unspecified atom stereocenters. The van der Waals surface area contributed by atoms with Crippen molar-refractivity contribution in [3.63, 3.8) is 0 Å². The van der Waals surface area contributed by atoms with Crippen LogP contribution in [-0.2, 0) is 0 Å². The highest BCUT2D eigenvalue weighted by atomic mass is 79.9. The Kier molecular flexibility index (Phi) is 6.94. The smallest absolute Gasteiger partial charge is 0.0223 e. The van der Waals surface area contributed by atoms with Crippen molar-refractivity contribution in [3.05, 3.63) is 0 Å². The Morgan fingerprint density at radius 2 is 2.19 bits per heavy atom. The fraction of sp³-hybridized carbons (Fsp3) is 1.00. The van der Waals surface area contributed by atoms with Crippen molar-refractivity contribution in [1.82, 2.24) is 9.80 Å². The summed E-state index contributed by atoms with van der Waals surface area (Å²) in [4.78, 5) is 5.04. The fourth-order valence-corrected chi connectivity index (χ4v) is 3.25. The van der Waals surface area contributed by atoms with Gasteiger partial charge in [0, 0.05) is 24.5 Å². The molecule has 1 aliphatic rings. The third kappa shape index (κ3) is 4.72. The van der Waals surface area contributed by atoms with Gasteiger partial charge >= 0.3 is 0 Å². The monoisotopic (exact) mass is 290 g/mol. The predicted octanol–water partition coefficient (Wildman–Crippen LogP) is 2.82. The molecule has 0 spiro atoms. The van der Waals surface area contributed by atoms with Gasteiger partial charge in [-0.25, -0.2) is 0 Å². The van der Waals surface area contributed by atoms with Crippen molar-refractivity contribution < 1.29 is 0 Å². The third-order valence-corrected chi connectivity index (χ3v) is 4.40. The summed E-state index contributed by atoms with van der Waals surface area (Å²) in [5, 5.41) is 1.16. The molecule has 0 aliphatic carbocycles. The van der Waals surface area contributed by atoms with Gasteiger partial charge in [-0.2, -0.15) is 0 Å². The number of likely N-dealkylation sites (tertiary alicyclic amines) is 1. The maximum Gasteiger partial charge on any atom is 0.0223 e. The minimum absolute atomic E-state index is 0.799. The molecule has 1 aliphatic heterocycles. The van der Waals surface area contributed by atoms with Gasteiger partial charge in [-0.1, -0.05) is 29.3 Å². The molecule has 1 fully saturated rings. The van der Waals surface area contributed by atoms with Crippen LogP contribution >= 0.6 is 15.9 Å². The quantitative estimate of drug-likeness (QED) is 0.666. The second kappa shape index (κ2) is 7.67. The second-order valence-corrected chi connectivity index (χ2v) is 6.01. The van der Waals surface area contributed by atoms with Crippen LogP contribution in [0.3, 0.4) is 0 Å². The minimum Gasteiger partial charge on any atom is -0.308 e. The average molecular weight is 291 g/mol. The summed E-state index contributed by atoms with van der Waals surface area (Å²) >= 11 is 3.66. The zero-order valence-electron chi connectivity index (χ0n) is 11.1. The van der Waals surface area contributed by atoms with Crippen LogP contribution in [0.2, 0.25) is 0 Å². The lowest BCUT2D eigenvalue weighted by atomic mass is 10.1. The molecule has 1 saturated heterocycles. The van der Waals surface area contributed by atoms with Crippen molar-refractivity contribution in [3.8, 4) is 0 Å². The Morgan fingerprint density at radius 3 is 2.75 bits per heavy atom. The van der Waals surface area contributed by atoms with Gasteiger partial charge in [-0.3, -0.25) is 4.90 Å². The van der Waals surface area contributed by atoms with E-state index in [0.717, 1.165) is 17.3 Å². The molecule has 2 atom stereocenters. The molecule has 2 nitrogen and oxygen atoms in total. The Bertz CT molecular complexity index is 185. The summed E-state index contributed by atoms with van der Waals surface area (Å²) in [5.41, 5.74) is 0. The zero-order chi connectivity index (χ0) is 12.0. The first-order valence-electron chi connectivity index (χ1n) is 6.62. The summed E-state index contributed by atoms with van der Waals surface area (Å²) in [7, 11) is 4.37. The average Bonchev–Trinajstić information content (AvgIpc) is 2.64. The van der Waals surface area contributed by atoms with E-state index in [2.05, 4.69) is 46.7 Å². The van der Waals surface area contributed by atoms with Gasteiger partial charge < -0.3 is 4.90 Å². The van der Waals surface area contributed by atoms with Crippen molar-refractivity contribution in [2.75, 3.05) is 39.1 Å². The van der Waals surface area contributed by atoms with Gasteiger partial charge in [0.05, 0.1) is 0 Å². The van der Waals surface area contributed by atoms with Crippen molar-refractivity contribution >= 4 is 15.9 Å². The fourth-order valence-electron chi connectivity index (χ4n) is 2.72. The topological polar surface area (TPSA) is 6.48 Å². The molecule has 0 bridgehead atoms. The summed E-state index contributed by atoms with van der Waals surface area (Å²) < 4.78 is 0. The highest BCUT2D eigenvalue weighted by Gasteiger charge is 2.26. The van der Waals surface area contributed by atoms with Crippen molar-refractivity contribution in [2.24, 2.45) is 5.92 Å². The van der Waals surface area contributed by atoms with E-state index in [0.29, 0.717) is 0 Å². The van der Waals surface area contributed by atoms with E-state index < -0.39 is 0 Å². The predicted molar refractivity (Wildman–Crippen MR) is 75.3 cm³/mol. The number of nitrogens with zero attached hydrogens (tertiary/aromatic N) is 2. The van der Waals surface area contributed by atoms with Crippen LogP contribution in [0.5, 0.6) is 0 Å². The molecule has 1 rings (SSSR count). The van der Waals surface area contributed by atoms with E-state index >= 15 is 0 Å². The summed E-state index contributed by atoms with van der Waals surface area (Å²) in [6.07, 6.45) is 5.44. The molecule has 3 heteroatoms. The summed E-state index contributed by atoms with van der Waals surface area (Å²) in [6, 6.07) is 0.799.